The quantitative estimate of drug-likeness (QED) is 0.521. The smallest absolute Gasteiger partial charge is 0.243 e. The Balaban J connectivity index is 1.37. The first kappa shape index (κ1) is 22.3. The van der Waals surface area contributed by atoms with Crippen LogP contribution in [-0.2, 0) is 23.2 Å². The highest BCUT2D eigenvalue weighted by Gasteiger charge is 2.28. The van der Waals surface area contributed by atoms with Gasteiger partial charge in [-0.3, -0.25) is 4.90 Å². The van der Waals surface area contributed by atoms with Gasteiger partial charge in [-0.15, -0.1) is 0 Å². The van der Waals surface area contributed by atoms with Crippen LogP contribution in [0.4, 0.5) is 0 Å². The van der Waals surface area contributed by atoms with Gasteiger partial charge in [-0.25, -0.2) is 8.42 Å². The molecule has 6 nitrogen and oxygen atoms in total. The van der Waals surface area contributed by atoms with E-state index in [2.05, 4.69) is 4.90 Å². The normalized spacial score (nSPS) is 15.4. The lowest BCUT2D eigenvalue weighted by molar-refractivity contribution is 0.181. The van der Waals surface area contributed by atoms with E-state index in [0.29, 0.717) is 49.2 Å². The molecule has 1 aliphatic heterocycles. The Morgan fingerprint density at radius 2 is 1.44 bits per heavy atom. The molecule has 0 bridgehead atoms. The van der Waals surface area contributed by atoms with Crippen LogP contribution >= 0.6 is 0 Å². The SMILES string of the molecule is COc1ccc(CN2CCN(S(=O)(=O)c3ccccc3)CC2)cc1OCc1ccccc1. The lowest BCUT2D eigenvalue weighted by Crippen LogP contribution is -2.48. The fraction of sp³-hybridized carbons (Fsp3) is 0.280. The number of hydrogen-bond acceptors (Lipinski definition) is 5. The number of piperazine rings is 1. The van der Waals surface area contributed by atoms with Gasteiger partial charge in [0.05, 0.1) is 12.0 Å². The van der Waals surface area contributed by atoms with E-state index in [0.717, 1.165) is 17.7 Å². The number of sulfonamides is 1. The van der Waals surface area contributed by atoms with Crippen molar-refractivity contribution in [1.82, 2.24) is 9.21 Å². The fourth-order valence-corrected chi connectivity index (χ4v) is 5.24. The summed E-state index contributed by atoms with van der Waals surface area (Å²) in [7, 11) is -1.80. The Labute approximate surface area is 190 Å². The topological polar surface area (TPSA) is 59.1 Å². The van der Waals surface area contributed by atoms with E-state index in [-0.39, 0.29) is 0 Å². The minimum Gasteiger partial charge on any atom is -0.493 e. The third-order valence-electron chi connectivity index (χ3n) is 5.58. The van der Waals surface area contributed by atoms with Crippen molar-refractivity contribution in [2.24, 2.45) is 0 Å². The van der Waals surface area contributed by atoms with Gasteiger partial charge in [-0.05, 0) is 35.4 Å². The summed E-state index contributed by atoms with van der Waals surface area (Å²) in [6, 6.07) is 24.6. The van der Waals surface area contributed by atoms with E-state index in [9.17, 15) is 8.42 Å². The first-order valence-electron chi connectivity index (χ1n) is 10.7. The molecule has 0 spiro atoms. The van der Waals surface area contributed by atoms with E-state index < -0.39 is 10.0 Å². The van der Waals surface area contributed by atoms with Crippen molar-refractivity contribution in [2.45, 2.75) is 18.0 Å². The highest BCUT2D eigenvalue weighted by molar-refractivity contribution is 7.89. The Morgan fingerprint density at radius 1 is 0.781 bits per heavy atom. The first-order valence-corrected chi connectivity index (χ1v) is 12.1. The predicted molar refractivity (Wildman–Crippen MR) is 124 cm³/mol. The van der Waals surface area contributed by atoms with Gasteiger partial charge in [0.15, 0.2) is 11.5 Å². The minimum absolute atomic E-state index is 0.351. The summed E-state index contributed by atoms with van der Waals surface area (Å²) in [5, 5.41) is 0. The maximum atomic E-state index is 12.8. The molecule has 168 valence electrons. The second-order valence-electron chi connectivity index (χ2n) is 7.75. The maximum absolute atomic E-state index is 12.8. The standard InChI is InChI=1S/C25H28N2O4S/c1-30-24-13-12-22(18-25(24)31-20-21-8-4-2-5-9-21)19-26-14-16-27(17-15-26)32(28,29)23-10-6-3-7-11-23/h2-13,18H,14-17,19-20H2,1H3. The van der Waals surface area contributed by atoms with Crippen molar-refractivity contribution >= 4 is 10.0 Å². The molecule has 32 heavy (non-hydrogen) atoms. The number of ether oxygens (including phenoxy) is 2. The van der Waals surface area contributed by atoms with E-state index in [1.54, 1.807) is 35.7 Å². The van der Waals surface area contributed by atoms with Crippen LogP contribution in [0, 0.1) is 0 Å². The second-order valence-corrected chi connectivity index (χ2v) is 9.69. The largest absolute Gasteiger partial charge is 0.493 e. The Hall–Kier alpha value is -2.87. The van der Waals surface area contributed by atoms with Crippen molar-refractivity contribution in [2.75, 3.05) is 33.3 Å². The molecule has 0 aliphatic carbocycles. The van der Waals surface area contributed by atoms with Crippen LogP contribution in [-0.4, -0.2) is 50.9 Å². The van der Waals surface area contributed by atoms with Crippen LogP contribution in [0.2, 0.25) is 0 Å². The highest BCUT2D eigenvalue weighted by Crippen LogP contribution is 2.29. The molecule has 0 unspecified atom stereocenters. The molecule has 1 heterocycles. The molecule has 1 saturated heterocycles. The summed E-state index contributed by atoms with van der Waals surface area (Å²) in [4.78, 5) is 2.61. The summed E-state index contributed by atoms with van der Waals surface area (Å²) < 4.78 is 38.7. The molecule has 0 atom stereocenters. The van der Waals surface area contributed by atoms with Crippen molar-refractivity contribution in [3.63, 3.8) is 0 Å². The van der Waals surface area contributed by atoms with Crippen molar-refractivity contribution in [1.29, 1.82) is 0 Å². The lowest BCUT2D eigenvalue weighted by atomic mass is 10.1. The summed E-state index contributed by atoms with van der Waals surface area (Å²) in [6.07, 6.45) is 0. The van der Waals surface area contributed by atoms with Crippen LogP contribution in [0.5, 0.6) is 11.5 Å². The molecule has 1 fully saturated rings. The summed E-state index contributed by atoms with van der Waals surface area (Å²) >= 11 is 0. The van der Waals surface area contributed by atoms with Gasteiger partial charge in [-0.2, -0.15) is 4.31 Å². The minimum atomic E-state index is -3.44. The molecule has 0 saturated carbocycles. The second kappa shape index (κ2) is 10.2. The third-order valence-corrected chi connectivity index (χ3v) is 7.50. The highest BCUT2D eigenvalue weighted by atomic mass is 32.2. The molecule has 0 aromatic heterocycles. The molecule has 0 radical (unpaired) electrons. The molecule has 0 N–H and O–H groups in total. The van der Waals surface area contributed by atoms with Crippen molar-refractivity contribution < 1.29 is 17.9 Å². The zero-order valence-corrected chi connectivity index (χ0v) is 19.0. The van der Waals surface area contributed by atoms with Crippen LogP contribution in [0.15, 0.2) is 83.8 Å². The van der Waals surface area contributed by atoms with Crippen LogP contribution in [0.25, 0.3) is 0 Å². The number of benzene rings is 3. The number of nitrogens with zero attached hydrogens (tertiary/aromatic N) is 2. The third kappa shape index (κ3) is 5.30. The lowest BCUT2D eigenvalue weighted by Gasteiger charge is -2.34. The van der Waals surface area contributed by atoms with E-state index in [1.807, 2.05) is 54.6 Å². The Bertz CT molecular complexity index is 1110. The molecule has 4 rings (SSSR count). The Morgan fingerprint density at radius 3 is 2.09 bits per heavy atom. The van der Waals surface area contributed by atoms with Crippen molar-refractivity contribution in [3.8, 4) is 11.5 Å². The average molecular weight is 453 g/mol. The number of hydrogen-bond donors (Lipinski definition) is 0. The van der Waals surface area contributed by atoms with Crippen molar-refractivity contribution in [3.05, 3.63) is 90.0 Å². The van der Waals surface area contributed by atoms with Crippen LogP contribution in [0.1, 0.15) is 11.1 Å². The fourth-order valence-electron chi connectivity index (χ4n) is 3.80. The Kier molecular flexibility index (Phi) is 7.09. The molecular formula is C25H28N2O4S. The molecule has 3 aromatic rings. The van der Waals surface area contributed by atoms with Gasteiger partial charge in [0, 0.05) is 32.7 Å². The van der Waals surface area contributed by atoms with Gasteiger partial charge >= 0.3 is 0 Å². The van der Waals surface area contributed by atoms with Gasteiger partial charge in [-0.1, -0.05) is 54.6 Å². The average Bonchev–Trinajstić information content (AvgIpc) is 2.84. The van der Waals surface area contributed by atoms with Crippen LogP contribution in [0.3, 0.4) is 0 Å². The zero-order chi connectivity index (χ0) is 22.4. The zero-order valence-electron chi connectivity index (χ0n) is 18.2. The van der Waals surface area contributed by atoms with E-state index in [4.69, 9.17) is 9.47 Å². The van der Waals surface area contributed by atoms with Gasteiger partial charge < -0.3 is 9.47 Å². The van der Waals surface area contributed by atoms with Gasteiger partial charge in [0.1, 0.15) is 6.61 Å². The van der Waals surface area contributed by atoms with E-state index >= 15 is 0 Å². The molecule has 7 heteroatoms. The number of rotatable bonds is 8. The summed E-state index contributed by atoms with van der Waals surface area (Å²) in [6.45, 7) is 3.51. The molecular weight excluding hydrogens is 424 g/mol. The molecule has 0 amide bonds. The van der Waals surface area contributed by atoms with E-state index in [1.165, 1.54) is 0 Å². The molecule has 1 aliphatic rings. The number of methoxy groups -OCH3 is 1. The van der Waals surface area contributed by atoms with Crippen LogP contribution < -0.4 is 9.47 Å². The maximum Gasteiger partial charge on any atom is 0.243 e. The first-order chi connectivity index (χ1) is 15.6. The summed E-state index contributed by atoms with van der Waals surface area (Å²) in [5.41, 5.74) is 2.20. The monoisotopic (exact) mass is 452 g/mol. The summed E-state index contributed by atoms with van der Waals surface area (Å²) in [5.74, 6) is 1.41. The predicted octanol–water partition coefficient (Wildman–Crippen LogP) is 3.78. The van der Waals surface area contributed by atoms with Gasteiger partial charge in [0.2, 0.25) is 10.0 Å². The van der Waals surface area contributed by atoms with Gasteiger partial charge in [0.25, 0.3) is 0 Å². The molecule has 3 aromatic carbocycles.